The Balaban J connectivity index is 1.46. The minimum absolute atomic E-state index is 0.361. The van der Waals surface area contributed by atoms with Gasteiger partial charge in [0.2, 0.25) is 0 Å². The molecular formula is C22H24N6. The number of aryl methyl sites for hydroxylation is 1. The molecule has 0 unspecified atom stereocenters. The van der Waals surface area contributed by atoms with Gasteiger partial charge in [0, 0.05) is 36.7 Å². The number of benzene rings is 1. The number of nitriles is 1. The van der Waals surface area contributed by atoms with Crippen molar-refractivity contribution in [3.05, 3.63) is 60.2 Å². The second-order valence-corrected chi connectivity index (χ2v) is 7.56. The van der Waals surface area contributed by atoms with Crippen molar-refractivity contribution in [1.82, 2.24) is 19.7 Å². The SMILES string of the molecule is Cc1nnc(-c2cccc(NC3CCC(C#N)(c4ccncc4)CC3)c2)n1C. The molecule has 1 aliphatic rings. The zero-order valence-electron chi connectivity index (χ0n) is 16.3. The second-order valence-electron chi connectivity index (χ2n) is 7.56. The van der Waals surface area contributed by atoms with Gasteiger partial charge in [-0.1, -0.05) is 12.1 Å². The van der Waals surface area contributed by atoms with Crippen molar-refractivity contribution >= 4 is 5.69 Å². The molecule has 0 amide bonds. The van der Waals surface area contributed by atoms with Crippen molar-refractivity contribution in [1.29, 1.82) is 5.26 Å². The third-order valence-corrected chi connectivity index (χ3v) is 5.87. The molecule has 3 aromatic rings. The Hall–Kier alpha value is -3.20. The van der Waals surface area contributed by atoms with E-state index in [2.05, 4.69) is 44.8 Å². The lowest BCUT2D eigenvalue weighted by Crippen LogP contribution is -2.35. The van der Waals surface area contributed by atoms with Gasteiger partial charge in [-0.2, -0.15) is 5.26 Å². The quantitative estimate of drug-likeness (QED) is 0.749. The summed E-state index contributed by atoms with van der Waals surface area (Å²) in [4.78, 5) is 4.08. The molecule has 1 aliphatic carbocycles. The van der Waals surface area contributed by atoms with Crippen molar-refractivity contribution in [3.8, 4) is 17.5 Å². The van der Waals surface area contributed by atoms with Crippen molar-refractivity contribution in [2.24, 2.45) is 7.05 Å². The molecule has 0 radical (unpaired) electrons. The first-order valence-electron chi connectivity index (χ1n) is 9.66. The Morgan fingerprint density at radius 1 is 1.14 bits per heavy atom. The minimum atomic E-state index is -0.390. The lowest BCUT2D eigenvalue weighted by atomic mass is 9.69. The molecule has 1 saturated carbocycles. The van der Waals surface area contributed by atoms with Crippen molar-refractivity contribution in [2.45, 2.75) is 44.1 Å². The van der Waals surface area contributed by atoms with E-state index >= 15 is 0 Å². The topological polar surface area (TPSA) is 79.4 Å². The van der Waals surface area contributed by atoms with Gasteiger partial charge in [-0.25, -0.2) is 0 Å². The van der Waals surface area contributed by atoms with Gasteiger partial charge >= 0.3 is 0 Å². The van der Waals surface area contributed by atoms with E-state index in [0.717, 1.165) is 54.1 Å². The number of anilines is 1. The van der Waals surface area contributed by atoms with E-state index in [-0.39, 0.29) is 5.41 Å². The molecular weight excluding hydrogens is 348 g/mol. The van der Waals surface area contributed by atoms with E-state index in [4.69, 9.17) is 0 Å². The Kier molecular flexibility index (Phi) is 4.82. The number of nitrogens with zero attached hydrogens (tertiary/aromatic N) is 5. The standard InChI is InChI=1S/C22H24N6/c1-16-26-27-21(28(16)2)17-4-3-5-20(14-17)25-19-6-10-22(15-23,11-7-19)18-8-12-24-13-9-18/h3-5,8-9,12-14,19,25H,6-7,10-11H2,1-2H3. The molecule has 0 atom stereocenters. The first kappa shape index (κ1) is 18.2. The molecule has 142 valence electrons. The highest BCUT2D eigenvalue weighted by atomic mass is 15.3. The highest BCUT2D eigenvalue weighted by molar-refractivity contribution is 5.63. The summed E-state index contributed by atoms with van der Waals surface area (Å²) >= 11 is 0. The summed E-state index contributed by atoms with van der Waals surface area (Å²) in [6, 6.07) is 15.2. The van der Waals surface area contributed by atoms with E-state index in [9.17, 15) is 5.26 Å². The fraction of sp³-hybridized carbons (Fsp3) is 0.364. The van der Waals surface area contributed by atoms with E-state index in [1.54, 1.807) is 12.4 Å². The van der Waals surface area contributed by atoms with Crippen LogP contribution in [0.25, 0.3) is 11.4 Å². The maximum atomic E-state index is 9.86. The van der Waals surface area contributed by atoms with Crippen molar-refractivity contribution in [3.63, 3.8) is 0 Å². The molecule has 0 aliphatic heterocycles. The smallest absolute Gasteiger partial charge is 0.163 e. The Morgan fingerprint density at radius 3 is 2.54 bits per heavy atom. The summed E-state index contributed by atoms with van der Waals surface area (Å²) in [5, 5.41) is 21.9. The van der Waals surface area contributed by atoms with Gasteiger partial charge in [-0.05, 0) is 62.4 Å². The Bertz CT molecular complexity index is 993. The lowest BCUT2D eigenvalue weighted by Gasteiger charge is -2.36. The van der Waals surface area contributed by atoms with Crippen LogP contribution in [0.5, 0.6) is 0 Å². The van der Waals surface area contributed by atoms with Crippen molar-refractivity contribution < 1.29 is 0 Å². The molecule has 4 rings (SSSR count). The van der Waals surface area contributed by atoms with E-state index in [1.807, 2.05) is 36.7 Å². The largest absolute Gasteiger partial charge is 0.382 e. The molecule has 2 heterocycles. The first-order valence-corrected chi connectivity index (χ1v) is 9.66. The summed E-state index contributed by atoms with van der Waals surface area (Å²) in [5.41, 5.74) is 2.82. The Labute approximate surface area is 165 Å². The predicted molar refractivity (Wildman–Crippen MR) is 109 cm³/mol. The lowest BCUT2D eigenvalue weighted by molar-refractivity contribution is 0.344. The third-order valence-electron chi connectivity index (χ3n) is 5.87. The average Bonchev–Trinajstić information content (AvgIpc) is 3.08. The van der Waals surface area contributed by atoms with Crippen LogP contribution in [0.1, 0.15) is 37.1 Å². The zero-order valence-corrected chi connectivity index (χ0v) is 16.3. The molecule has 0 bridgehead atoms. The van der Waals surface area contributed by atoms with Gasteiger partial charge < -0.3 is 9.88 Å². The fourth-order valence-electron chi connectivity index (χ4n) is 4.03. The van der Waals surface area contributed by atoms with Gasteiger partial charge in [0.15, 0.2) is 5.82 Å². The average molecular weight is 372 g/mol. The second kappa shape index (κ2) is 7.43. The predicted octanol–water partition coefficient (Wildman–Crippen LogP) is 4.00. The highest BCUT2D eigenvalue weighted by Gasteiger charge is 2.37. The maximum Gasteiger partial charge on any atom is 0.163 e. The summed E-state index contributed by atoms with van der Waals surface area (Å²) < 4.78 is 2.00. The molecule has 1 N–H and O–H groups in total. The molecule has 2 aromatic heterocycles. The molecule has 0 spiro atoms. The van der Waals surface area contributed by atoms with E-state index < -0.39 is 0 Å². The normalized spacial score (nSPS) is 21.8. The van der Waals surface area contributed by atoms with Gasteiger partial charge in [0.05, 0.1) is 11.5 Å². The summed E-state index contributed by atoms with van der Waals surface area (Å²) in [6.45, 7) is 1.95. The molecule has 0 saturated heterocycles. The van der Waals surface area contributed by atoms with E-state index in [1.165, 1.54) is 0 Å². The number of nitrogens with one attached hydrogen (secondary N) is 1. The van der Waals surface area contributed by atoms with Crippen LogP contribution in [0, 0.1) is 18.3 Å². The number of hydrogen-bond acceptors (Lipinski definition) is 5. The van der Waals surface area contributed by atoms with Crippen LogP contribution in [0.2, 0.25) is 0 Å². The highest BCUT2D eigenvalue weighted by Crippen LogP contribution is 2.39. The molecule has 28 heavy (non-hydrogen) atoms. The summed E-state index contributed by atoms with van der Waals surface area (Å²) in [5.74, 6) is 1.76. The number of rotatable bonds is 4. The van der Waals surface area contributed by atoms with Crippen LogP contribution in [-0.2, 0) is 12.5 Å². The molecule has 1 aromatic carbocycles. The monoisotopic (exact) mass is 372 g/mol. The van der Waals surface area contributed by atoms with Gasteiger partial charge in [0.25, 0.3) is 0 Å². The van der Waals surface area contributed by atoms with Crippen LogP contribution in [0.3, 0.4) is 0 Å². The third kappa shape index (κ3) is 3.36. The first-order chi connectivity index (χ1) is 13.6. The molecule has 6 nitrogen and oxygen atoms in total. The zero-order chi connectivity index (χ0) is 19.6. The number of hydrogen-bond donors (Lipinski definition) is 1. The number of aromatic nitrogens is 4. The minimum Gasteiger partial charge on any atom is -0.382 e. The maximum absolute atomic E-state index is 9.86. The van der Waals surface area contributed by atoms with Crippen LogP contribution in [0.15, 0.2) is 48.8 Å². The van der Waals surface area contributed by atoms with Gasteiger partial charge in [-0.15, -0.1) is 10.2 Å². The van der Waals surface area contributed by atoms with E-state index in [0.29, 0.717) is 6.04 Å². The van der Waals surface area contributed by atoms with Gasteiger partial charge in [-0.3, -0.25) is 4.98 Å². The summed E-state index contributed by atoms with van der Waals surface area (Å²) in [6.07, 6.45) is 7.18. The summed E-state index contributed by atoms with van der Waals surface area (Å²) in [7, 11) is 1.98. The Morgan fingerprint density at radius 2 is 1.89 bits per heavy atom. The van der Waals surface area contributed by atoms with Crippen LogP contribution in [0.4, 0.5) is 5.69 Å². The fourth-order valence-corrected chi connectivity index (χ4v) is 4.03. The van der Waals surface area contributed by atoms with Gasteiger partial charge in [0.1, 0.15) is 5.82 Å². The van der Waals surface area contributed by atoms with Crippen molar-refractivity contribution in [2.75, 3.05) is 5.32 Å². The number of pyridine rings is 1. The molecule has 6 heteroatoms. The molecule has 1 fully saturated rings. The van der Waals surface area contributed by atoms with Crippen LogP contribution >= 0.6 is 0 Å². The van der Waals surface area contributed by atoms with Crippen LogP contribution in [-0.4, -0.2) is 25.8 Å². The van der Waals surface area contributed by atoms with Crippen LogP contribution < -0.4 is 5.32 Å².